The molecule has 2 rings (SSSR count). The van der Waals surface area contributed by atoms with Gasteiger partial charge >= 0.3 is 0 Å². The van der Waals surface area contributed by atoms with Gasteiger partial charge in [0, 0.05) is 20.1 Å². The van der Waals surface area contributed by atoms with Crippen molar-refractivity contribution in [1.82, 2.24) is 10.2 Å². The SMILES string of the molecule is CCNC(=NCC(O)COc1ccc(F)cc1)N(C)Cc1ccc(OC)c(F)c1.I. The zero-order valence-electron chi connectivity index (χ0n) is 17.3. The Labute approximate surface area is 192 Å². The number of aliphatic imine (C=N–C) groups is 1. The molecule has 0 saturated carbocycles. The highest BCUT2D eigenvalue weighted by Gasteiger charge is 2.11. The molecule has 6 nitrogen and oxygen atoms in total. The second-order valence-corrected chi connectivity index (χ2v) is 6.44. The number of hydrogen-bond donors (Lipinski definition) is 2. The van der Waals surface area contributed by atoms with E-state index in [1.54, 1.807) is 12.1 Å². The summed E-state index contributed by atoms with van der Waals surface area (Å²) in [4.78, 5) is 6.25. The smallest absolute Gasteiger partial charge is 0.194 e. The molecule has 1 unspecified atom stereocenters. The largest absolute Gasteiger partial charge is 0.494 e. The molecule has 0 saturated heterocycles. The molecule has 2 aromatic rings. The van der Waals surface area contributed by atoms with Crippen molar-refractivity contribution < 1.29 is 23.4 Å². The Balaban J connectivity index is 0.00000450. The molecule has 0 aliphatic heterocycles. The summed E-state index contributed by atoms with van der Waals surface area (Å²) in [6.07, 6.45) is -0.833. The number of benzene rings is 2. The number of halogens is 3. The van der Waals surface area contributed by atoms with Gasteiger partial charge in [-0.3, -0.25) is 4.99 Å². The van der Waals surface area contributed by atoms with Gasteiger partial charge in [0.1, 0.15) is 24.3 Å². The quantitative estimate of drug-likeness (QED) is 0.293. The highest BCUT2D eigenvalue weighted by Crippen LogP contribution is 2.18. The lowest BCUT2D eigenvalue weighted by Crippen LogP contribution is -2.39. The molecule has 0 amide bonds. The summed E-state index contributed by atoms with van der Waals surface area (Å²) in [6, 6.07) is 10.4. The van der Waals surface area contributed by atoms with Crippen LogP contribution in [0.5, 0.6) is 11.5 Å². The van der Waals surface area contributed by atoms with E-state index in [1.807, 2.05) is 18.9 Å². The molecule has 1 atom stereocenters. The van der Waals surface area contributed by atoms with Crippen LogP contribution >= 0.6 is 24.0 Å². The number of hydrogen-bond acceptors (Lipinski definition) is 4. The molecule has 0 aliphatic rings. The van der Waals surface area contributed by atoms with Gasteiger partial charge in [-0.15, -0.1) is 24.0 Å². The predicted octanol–water partition coefficient (Wildman–Crippen LogP) is 3.43. The van der Waals surface area contributed by atoms with Crippen LogP contribution < -0.4 is 14.8 Å². The van der Waals surface area contributed by atoms with Gasteiger partial charge in [0.2, 0.25) is 0 Å². The van der Waals surface area contributed by atoms with E-state index in [4.69, 9.17) is 9.47 Å². The summed E-state index contributed by atoms with van der Waals surface area (Å²) in [7, 11) is 3.25. The Morgan fingerprint density at radius 3 is 2.50 bits per heavy atom. The molecule has 2 N–H and O–H groups in total. The lowest BCUT2D eigenvalue weighted by Gasteiger charge is -2.23. The predicted molar refractivity (Wildman–Crippen MR) is 124 cm³/mol. The first-order chi connectivity index (χ1) is 13.9. The van der Waals surface area contributed by atoms with Crippen molar-refractivity contribution >= 4 is 29.9 Å². The van der Waals surface area contributed by atoms with Gasteiger partial charge < -0.3 is 24.8 Å². The fourth-order valence-corrected chi connectivity index (χ4v) is 2.59. The zero-order valence-corrected chi connectivity index (χ0v) is 19.6. The minimum absolute atomic E-state index is 0. The summed E-state index contributed by atoms with van der Waals surface area (Å²) >= 11 is 0. The van der Waals surface area contributed by atoms with E-state index in [0.717, 1.165) is 5.56 Å². The Morgan fingerprint density at radius 1 is 1.20 bits per heavy atom. The average Bonchev–Trinajstić information content (AvgIpc) is 2.70. The van der Waals surface area contributed by atoms with Crippen molar-refractivity contribution in [1.29, 1.82) is 0 Å². The van der Waals surface area contributed by atoms with E-state index in [1.165, 1.54) is 37.4 Å². The van der Waals surface area contributed by atoms with Crippen LogP contribution in [-0.2, 0) is 6.54 Å². The Hall–Kier alpha value is -2.14. The summed E-state index contributed by atoms with van der Waals surface area (Å²) in [6.45, 7) is 3.15. The molecule has 166 valence electrons. The minimum atomic E-state index is -0.833. The lowest BCUT2D eigenvalue weighted by atomic mass is 10.2. The molecule has 9 heteroatoms. The maximum Gasteiger partial charge on any atom is 0.194 e. The van der Waals surface area contributed by atoms with Crippen LogP contribution in [0.2, 0.25) is 0 Å². The maximum atomic E-state index is 13.9. The topological polar surface area (TPSA) is 66.3 Å². The monoisotopic (exact) mass is 535 g/mol. The Morgan fingerprint density at radius 2 is 1.90 bits per heavy atom. The molecule has 2 aromatic carbocycles. The van der Waals surface area contributed by atoms with E-state index >= 15 is 0 Å². The van der Waals surface area contributed by atoms with Gasteiger partial charge in [-0.1, -0.05) is 6.07 Å². The molecule has 0 bridgehead atoms. The molecule has 0 aromatic heterocycles. The number of nitrogens with one attached hydrogen (secondary N) is 1. The number of rotatable bonds is 9. The van der Waals surface area contributed by atoms with Gasteiger partial charge in [0.15, 0.2) is 17.5 Å². The number of methoxy groups -OCH3 is 1. The molecule has 30 heavy (non-hydrogen) atoms. The normalized spacial score (nSPS) is 12.0. The van der Waals surface area contributed by atoms with Crippen LogP contribution in [0.3, 0.4) is 0 Å². The molecule has 0 aliphatic carbocycles. The number of aliphatic hydroxyl groups is 1. The van der Waals surface area contributed by atoms with Crippen LogP contribution in [0.25, 0.3) is 0 Å². The van der Waals surface area contributed by atoms with Crippen molar-refractivity contribution in [3.8, 4) is 11.5 Å². The second kappa shape index (κ2) is 13.2. The first-order valence-corrected chi connectivity index (χ1v) is 9.31. The third kappa shape index (κ3) is 8.31. The third-order valence-corrected chi connectivity index (χ3v) is 4.04. The summed E-state index contributed by atoms with van der Waals surface area (Å²) in [5, 5.41) is 13.3. The van der Waals surface area contributed by atoms with Gasteiger partial charge in [-0.2, -0.15) is 0 Å². The number of nitrogens with zero attached hydrogens (tertiary/aromatic N) is 2. The van der Waals surface area contributed by atoms with Crippen LogP contribution in [0.4, 0.5) is 8.78 Å². The number of ether oxygens (including phenoxy) is 2. The van der Waals surface area contributed by atoms with Gasteiger partial charge in [-0.05, 0) is 48.9 Å². The molecule has 0 spiro atoms. The Kier molecular flexibility index (Phi) is 11.4. The highest BCUT2D eigenvalue weighted by atomic mass is 127. The van der Waals surface area contributed by atoms with E-state index in [9.17, 15) is 13.9 Å². The highest BCUT2D eigenvalue weighted by molar-refractivity contribution is 14.0. The fraction of sp³-hybridized carbons (Fsp3) is 0.381. The van der Waals surface area contributed by atoms with E-state index in [0.29, 0.717) is 24.8 Å². The van der Waals surface area contributed by atoms with Crippen molar-refractivity contribution in [3.05, 3.63) is 59.7 Å². The zero-order chi connectivity index (χ0) is 21.2. The van der Waals surface area contributed by atoms with Gasteiger partial charge in [0.25, 0.3) is 0 Å². The first-order valence-electron chi connectivity index (χ1n) is 9.31. The molecule has 0 fully saturated rings. The third-order valence-electron chi connectivity index (χ3n) is 4.04. The molecular formula is C21H28F2IN3O3. The van der Waals surface area contributed by atoms with Crippen molar-refractivity contribution in [3.63, 3.8) is 0 Å². The van der Waals surface area contributed by atoms with Crippen LogP contribution in [0, 0.1) is 11.6 Å². The van der Waals surface area contributed by atoms with E-state index in [2.05, 4.69) is 10.3 Å². The number of guanidine groups is 1. The number of aliphatic hydroxyl groups excluding tert-OH is 1. The van der Waals surface area contributed by atoms with Gasteiger partial charge in [-0.25, -0.2) is 8.78 Å². The summed E-state index contributed by atoms with van der Waals surface area (Å²) in [5.74, 6) is 0.470. The minimum Gasteiger partial charge on any atom is -0.494 e. The first kappa shape index (κ1) is 25.9. The van der Waals surface area contributed by atoms with Crippen molar-refractivity contribution in [2.75, 3.05) is 33.9 Å². The van der Waals surface area contributed by atoms with Crippen LogP contribution in [-0.4, -0.2) is 55.9 Å². The second-order valence-electron chi connectivity index (χ2n) is 6.44. The Bertz CT molecular complexity index is 807. The average molecular weight is 535 g/mol. The van der Waals surface area contributed by atoms with Crippen LogP contribution in [0.1, 0.15) is 12.5 Å². The van der Waals surface area contributed by atoms with Gasteiger partial charge in [0.05, 0.1) is 13.7 Å². The summed E-state index contributed by atoms with van der Waals surface area (Å²) < 4.78 is 37.2. The molecule has 0 heterocycles. The maximum absolute atomic E-state index is 13.9. The van der Waals surface area contributed by atoms with Crippen LogP contribution in [0.15, 0.2) is 47.5 Å². The standard InChI is InChI=1S/C21H27F2N3O3.HI/c1-4-24-21(26(2)13-15-5-10-20(28-3)19(23)11-15)25-12-17(27)14-29-18-8-6-16(22)7-9-18;/h5-11,17,27H,4,12-14H2,1-3H3,(H,24,25);1H. The fourth-order valence-electron chi connectivity index (χ4n) is 2.59. The van der Waals surface area contributed by atoms with Crippen molar-refractivity contribution in [2.24, 2.45) is 4.99 Å². The lowest BCUT2D eigenvalue weighted by molar-refractivity contribution is 0.114. The van der Waals surface area contributed by atoms with E-state index in [-0.39, 0.29) is 48.7 Å². The molecular weight excluding hydrogens is 507 g/mol. The molecule has 0 radical (unpaired) electrons. The van der Waals surface area contributed by atoms with Crippen molar-refractivity contribution in [2.45, 2.75) is 19.6 Å². The summed E-state index contributed by atoms with van der Waals surface area (Å²) in [5.41, 5.74) is 0.761. The van der Waals surface area contributed by atoms with E-state index < -0.39 is 11.9 Å².